The molecule has 68 valence electrons. The Morgan fingerprint density at radius 1 is 1.13 bits per heavy atom. The molecule has 0 aliphatic rings. The summed E-state index contributed by atoms with van der Waals surface area (Å²) in [6.45, 7) is 0. The minimum atomic E-state index is 0.143. The highest BCUT2D eigenvalue weighted by Gasteiger charge is 2.17. The number of hydrogen-bond acceptors (Lipinski definition) is 5. The number of fused-ring (bicyclic) bond motifs is 1. The summed E-state index contributed by atoms with van der Waals surface area (Å²) >= 11 is 4.21. The van der Waals surface area contributed by atoms with E-state index in [1.165, 1.54) is 0 Å². The van der Waals surface area contributed by atoms with Crippen LogP contribution < -0.4 is 5.46 Å². The Hall–Kier alpha value is -1.44. The molecule has 1 aromatic heterocycles. The van der Waals surface area contributed by atoms with E-state index in [-0.39, 0.29) is 16.6 Å². The lowest BCUT2D eigenvalue weighted by Crippen LogP contribution is -2.12. The van der Waals surface area contributed by atoms with E-state index in [0.29, 0.717) is 15.5 Å². The second-order valence-electron chi connectivity index (χ2n) is 2.66. The fraction of sp³-hybridized carbons (Fsp3) is 0. The van der Waals surface area contributed by atoms with Crippen molar-refractivity contribution >= 4 is 52.0 Å². The molecule has 0 amide bonds. The normalized spacial score (nSPS) is 9.80. The topological polar surface area (TPSA) is 73.4 Å². The van der Waals surface area contributed by atoms with Gasteiger partial charge in [0, 0.05) is 0 Å². The highest BCUT2D eigenvalue weighted by Crippen LogP contribution is 2.26. The van der Waals surface area contributed by atoms with Gasteiger partial charge in [-0.2, -0.15) is 19.3 Å². The molecule has 15 heavy (non-hydrogen) atoms. The highest BCUT2D eigenvalue weighted by molar-refractivity contribution is 9.10. The van der Waals surface area contributed by atoms with Crippen LogP contribution in [0, 0.1) is 22.7 Å². The van der Waals surface area contributed by atoms with Crippen LogP contribution in [-0.4, -0.2) is 16.6 Å². The summed E-state index contributed by atoms with van der Waals surface area (Å²) in [7, 11) is 5.73. The zero-order chi connectivity index (χ0) is 11.0. The van der Waals surface area contributed by atoms with Crippen molar-refractivity contribution in [3.63, 3.8) is 0 Å². The molecule has 2 radical (unpaired) electrons. The van der Waals surface area contributed by atoms with E-state index in [9.17, 15) is 0 Å². The number of nitrogens with zero attached hydrogens (tertiary/aromatic N) is 4. The van der Waals surface area contributed by atoms with Crippen LogP contribution in [0.2, 0.25) is 0 Å². The molecule has 1 heterocycles. The van der Waals surface area contributed by atoms with Crippen molar-refractivity contribution < 1.29 is 0 Å². The first-order valence-corrected chi connectivity index (χ1v) is 5.26. The monoisotopic (exact) mass is 274 g/mol. The van der Waals surface area contributed by atoms with Gasteiger partial charge < -0.3 is 0 Å². The van der Waals surface area contributed by atoms with Crippen LogP contribution in [0.4, 0.5) is 0 Å². The van der Waals surface area contributed by atoms with Crippen LogP contribution >= 0.6 is 27.7 Å². The van der Waals surface area contributed by atoms with E-state index in [2.05, 4.69) is 24.7 Å². The Morgan fingerprint density at radius 3 is 2.33 bits per heavy atom. The van der Waals surface area contributed by atoms with Crippen LogP contribution in [0.3, 0.4) is 0 Å². The van der Waals surface area contributed by atoms with Crippen molar-refractivity contribution in [3.8, 4) is 12.1 Å². The first-order chi connectivity index (χ1) is 7.20. The zero-order valence-corrected chi connectivity index (χ0v) is 9.55. The van der Waals surface area contributed by atoms with Gasteiger partial charge >= 0.3 is 0 Å². The van der Waals surface area contributed by atoms with Gasteiger partial charge in [-0.05, 0) is 21.4 Å². The Labute approximate surface area is 99.0 Å². The average Bonchev–Trinajstić information content (AvgIpc) is 2.72. The molecule has 2 aromatic rings. The standard InChI is InChI=1S/C8BBrN4S/c9-5-3(1-11)4(2-12)6(10)8-7(5)13-15-14-8. The molecule has 2 rings (SSSR count). The maximum absolute atomic E-state index is 8.92. The number of halogens is 1. The predicted molar refractivity (Wildman–Crippen MR) is 59.9 cm³/mol. The number of rotatable bonds is 0. The van der Waals surface area contributed by atoms with Crippen molar-refractivity contribution in [2.45, 2.75) is 0 Å². The molecule has 0 saturated carbocycles. The molecule has 7 heteroatoms. The molecule has 0 saturated heterocycles. The first-order valence-electron chi connectivity index (χ1n) is 3.74. The lowest BCUT2D eigenvalue weighted by atomic mass is 9.87. The molecule has 0 bridgehead atoms. The number of aromatic nitrogens is 2. The van der Waals surface area contributed by atoms with Crippen LogP contribution in [0.1, 0.15) is 11.1 Å². The summed E-state index contributed by atoms with van der Waals surface area (Å²) in [5.41, 5.74) is 1.54. The molecule has 1 aromatic carbocycles. The summed E-state index contributed by atoms with van der Waals surface area (Å²) in [6.07, 6.45) is 0. The van der Waals surface area contributed by atoms with Gasteiger partial charge in [-0.3, -0.25) is 0 Å². The highest BCUT2D eigenvalue weighted by atomic mass is 79.9. The minimum Gasteiger partial charge on any atom is -0.192 e. The molecular weight excluding hydrogens is 275 g/mol. The third kappa shape index (κ3) is 1.32. The first kappa shape index (κ1) is 10.1. The van der Waals surface area contributed by atoms with E-state index in [0.717, 1.165) is 11.7 Å². The molecule has 0 atom stereocenters. The van der Waals surface area contributed by atoms with Gasteiger partial charge in [-0.15, -0.1) is 0 Å². The fourth-order valence-electron chi connectivity index (χ4n) is 1.21. The van der Waals surface area contributed by atoms with E-state index < -0.39 is 0 Å². The second kappa shape index (κ2) is 3.61. The summed E-state index contributed by atoms with van der Waals surface area (Å²) in [6, 6.07) is 3.82. The van der Waals surface area contributed by atoms with Gasteiger partial charge in [0.25, 0.3) is 0 Å². The van der Waals surface area contributed by atoms with Gasteiger partial charge in [0.1, 0.15) is 25.5 Å². The SMILES string of the molecule is [B]c1c(C#N)c(C#N)c(Br)c2nsnc12. The molecule has 0 fully saturated rings. The van der Waals surface area contributed by atoms with Gasteiger partial charge in [0.05, 0.1) is 32.8 Å². The van der Waals surface area contributed by atoms with Crippen molar-refractivity contribution in [2.24, 2.45) is 0 Å². The molecule has 0 aliphatic heterocycles. The van der Waals surface area contributed by atoms with Crippen LogP contribution in [-0.2, 0) is 0 Å². The second-order valence-corrected chi connectivity index (χ2v) is 3.98. The zero-order valence-electron chi connectivity index (χ0n) is 7.15. The van der Waals surface area contributed by atoms with E-state index in [1.807, 2.05) is 12.1 Å². The van der Waals surface area contributed by atoms with Gasteiger partial charge in [0.15, 0.2) is 0 Å². The Bertz CT molecular complexity index is 583. The van der Waals surface area contributed by atoms with E-state index >= 15 is 0 Å². The van der Waals surface area contributed by atoms with Crippen molar-refractivity contribution in [1.82, 2.24) is 8.75 Å². The van der Waals surface area contributed by atoms with Gasteiger partial charge in [0.2, 0.25) is 0 Å². The van der Waals surface area contributed by atoms with Crippen molar-refractivity contribution in [3.05, 3.63) is 15.6 Å². The van der Waals surface area contributed by atoms with E-state index in [1.54, 1.807) is 0 Å². The van der Waals surface area contributed by atoms with E-state index in [4.69, 9.17) is 18.4 Å². The smallest absolute Gasteiger partial charge is 0.119 e. The molecular formula is C8BBrN4S. The average molecular weight is 275 g/mol. The Balaban J connectivity index is 3.07. The van der Waals surface area contributed by atoms with Crippen molar-refractivity contribution in [2.75, 3.05) is 0 Å². The van der Waals surface area contributed by atoms with Crippen LogP contribution in [0.25, 0.3) is 11.0 Å². The molecule has 0 spiro atoms. The fourth-order valence-corrected chi connectivity index (χ4v) is 2.46. The minimum absolute atomic E-state index is 0.143. The number of benzene rings is 1. The molecule has 0 unspecified atom stereocenters. The van der Waals surface area contributed by atoms with Gasteiger partial charge in [-0.25, -0.2) is 0 Å². The maximum Gasteiger partial charge on any atom is 0.119 e. The van der Waals surface area contributed by atoms with Crippen molar-refractivity contribution in [1.29, 1.82) is 10.5 Å². The summed E-state index contributed by atoms with van der Waals surface area (Å²) in [5, 5.41) is 17.8. The summed E-state index contributed by atoms with van der Waals surface area (Å²) in [4.78, 5) is 0. The third-order valence-electron chi connectivity index (χ3n) is 1.91. The van der Waals surface area contributed by atoms with Crippen LogP contribution in [0.15, 0.2) is 4.47 Å². The molecule has 0 N–H and O–H groups in total. The Morgan fingerprint density at radius 2 is 1.73 bits per heavy atom. The number of hydrogen-bond donors (Lipinski definition) is 0. The maximum atomic E-state index is 8.92. The predicted octanol–water partition coefficient (Wildman–Crippen LogP) is 0.991. The molecule has 0 aliphatic carbocycles. The van der Waals surface area contributed by atoms with Crippen LogP contribution in [0.5, 0.6) is 0 Å². The lowest BCUT2D eigenvalue weighted by molar-refractivity contribution is 1.43. The number of nitriles is 2. The molecule has 4 nitrogen and oxygen atoms in total. The largest absolute Gasteiger partial charge is 0.192 e. The summed E-state index contributed by atoms with van der Waals surface area (Å²) < 4.78 is 8.46. The Kier molecular flexibility index (Phi) is 2.43. The van der Waals surface area contributed by atoms with Gasteiger partial charge in [-0.1, -0.05) is 0 Å². The quantitative estimate of drug-likeness (QED) is 0.672. The summed E-state index contributed by atoms with van der Waals surface area (Å²) in [5.74, 6) is 0. The lowest BCUT2D eigenvalue weighted by Gasteiger charge is -2.03. The third-order valence-corrected chi connectivity index (χ3v) is 3.21.